The zero-order valence-corrected chi connectivity index (χ0v) is 19.4. The van der Waals surface area contributed by atoms with E-state index < -0.39 is 5.97 Å². The number of hydrogen-bond acceptors (Lipinski definition) is 7. The third-order valence-corrected chi connectivity index (χ3v) is 4.87. The van der Waals surface area contributed by atoms with E-state index in [1.165, 1.54) is 20.5 Å². The second-order valence-corrected chi connectivity index (χ2v) is 7.11. The molecule has 3 aromatic rings. The summed E-state index contributed by atoms with van der Waals surface area (Å²) in [7, 11) is 4.37. The lowest BCUT2D eigenvalue weighted by Crippen LogP contribution is -2.08. The van der Waals surface area contributed by atoms with Gasteiger partial charge in [-0.25, -0.2) is 4.79 Å². The lowest BCUT2D eigenvalue weighted by atomic mass is 10.0. The summed E-state index contributed by atoms with van der Waals surface area (Å²) in [6.07, 6.45) is 2.97. The maximum absolute atomic E-state index is 12.2. The lowest BCUT2D eigenvalue weighted by molar-refractivity contribution is -0.133. The number of rotatable bonds is 11. The van der Waals surface area contributed by atoms with Crippen molar-refractivity contribution in [1.82, 2.24) is 0 Å². The summed E-state index contributed by atoms with van der Waals surface area (Å²) in [4.78, 5) is 17.6. The van der Waals surface area contributed by atoms with Crippen molar-refractivity contribution in [2.24, 2.45) is 5.16 Å². The number of nitrogens with zero attached hydrogens (tertiary/aromatic N) is 1. The predicted molar refractivity (Wildman–Crippen MR) is 130 cm³/mol. The standard InChI is InChI=1S/C27H27NO6/c1-30-19-24(27(29)32-3)23-12-8-7-11-22(23)18-33-26-15-21(13-14-25(26)31-2)16-28-34-17-20-9-5-4-6-10-20/h4-16,19H,17-18H2,1-3H3. The molecule has 0 aliphatic heterocycles. The second-order valence-electron chi connectivity index (χ2n) is 7.11. The lowest BCUT2D eigenvalue weighted by Gasteiger charge is -2.14. The number of esters is 1. The first-order chi connectivity index (χ1) is 16.7. The quantitative estimate of drug-likeness (QED) is 0.132. The molecule has 0 bridgehead atoms. The van der Waals surface area contributed by atoms with Crippen molar-refractivity contribution in [3.63, 3.8) is 0 Å². The van der Waals surface area contributed by atoms with Crippen molar-refractivity contribution < 1.29 is 28.6 Å². The van der Waals surface area contributed by atoms with E-state index in [1.54, 1.807) is 19.4 Å². The monoisotopic (exact) mass is 461 g/mol. The molecule has 0 radical (unpaired) electrons. The van der Waals surface area contributed by atoms with Crippen LogP contribution in [0, 0.1) is 0 Å². The van der Waals surface area contributed by atoms with Gasteiger partial charge in [0.2, 0.25) is 0 Å². The number of methoxy groups -OCH3 is 3. The molecule has 7 nitrogen and oxygen atoms in total. The van der Waals surface area contributed by atoms with Crippen molar-refractivity contribution >= 4 is 17.8 Å². The van der Waals surface area contributed by atoms with Gasteiger partial charge in [-0.1, -0.05) is 59.8 Å². The predicted octanol–water partition coefficient (Wildman–Crippen LogP) is 4.99. The third-order valence-electron chi connectivity index (χ3n) is 4.87. The van der Waals surface area contributed by atoms with Gasteiger partial charge in [-0.15, -0.1) is 0 Å². The average Bonchev–Trinajstić information content (AvgIpc) is 2.89. The van der Waals surface area contributed by atoms with Gasteiger partial charge in [-0.05, 0) is 34.9 Å². The van der Waals surface area contributed by atoms with Gasteiger partial charge in [0, 0.05) is 5.56 Å². The van der Waals surface area contributed by atoms with Gasteiger partial charge in [0.1, 0.15) is 18.8 Å². The smallest absolute Gasteiger partial charge is 0.341 e. The molecular formula is C27H27NO6. The SMILES string of the molecule is COC=C(C(=O)OC)c1ccccc1COc1cc(C=NOCc2ccccc2)ccc1OC. The molecule has 0 aliphatic carbocycles. The maximum Gasteiger partial charge on any atom is 0.341 e. The van der Waals surface area contributed by atoms with Crippen LogP contribution in [-0.2, 0) is 32.3 Å². The highest BCUT2D eigenvalue weighted by Gasteiger charge is 2.17. The van der Waals surface area contributed by atoms with Gasteiger partial charge < -0.3 is 23.8 Å². The molecule has 7 heteroatoms. The Hall–Kier alpha value is -4.26. The Morgan fingerprint density at radius 2 is 1.65 bits per heavy atom. The first-order valence-electron chi connectivity index (χ1n) is 10.6. The van der Waals surface area contributed by atoms with Crippen molar-refractivity contribution in [1.29, 1.82) is 0 Å². The molecule has 0 aliphatic rings. The minimum atomic E-state index is -0.499. The molecule has 0 saturated heterocycles. The summed E-state index contributed by atoms with van der Waals surface area (Å²) in [5, 5.41) is 4.04. The summed E-state index contributed by atoms with van der Waals surface area (Å²) in [5.74, 6) is 0.598. The Morgan fingerprint density at radius 3 is 2.38 bits per heavy atom. The Morgan fingerprint density at radius 1 is 0.882 bits per heavy atom. The van der Waals surface area contributed by atoms with Gasteiger partial charge in [-0.3, -0.25) is 0 Å². The van der Waals surface area contributed by atoms with E-state index in [-0.39, 0.29) is 6.61 Å². The average molecular weight is 462 g/mol. The molecule has 0 heterocycles. The van der Waals surface area contributed by atoms with E-state index in [0.717, 1.165) is 16.7 Å². The molecule has 3 aromatic carbocycles. The third kappa shape index (κ3) is 6.62. The first kappa shape index (κ1) is 24.4. The van der Waals surface area contributed by atoms with Crippen LogP contribution in [0.15, 0.2) is 84.2 Å². The molecule has 0 N–H and O–H groups in total. The van der Waals surface area contributed by atoms with Gasteiger partial charge in [0.25, 0.3) is 0 Å². The van der Waals surface area contributed by atoms with Crippen molar-refractivity contribution in [2.45, 2.75) is 13.2 Å². The summed E-state index contributed by atoms with van der Waals surface area (Å²) < 4.78 is 21.5. The van der Waals surface area contributed by atoms with Crippen LogP contribution in [0.5, 0.6) is 11.5 Å². The summed E-state index contributed by atoms with van der Waals surface area (Å²) >= 11 is 0. The molecule has 0 unspecified atom stereocenters. The van der Waals surface area contributed by atoms with Crippen LogP contribution in [-0.4, -0.2) is 33.5 Å². The highest BCUT2D eigenvalue weighted by atomic mass is 16.6. The molecule has 0 atom stereocenters. The van der Waals surface area contributed by atoms with Crippen LogP contribution in [0.1, 0.15) is 22.3 Å². The number of hydrogen-bond donors (Lipinski definition) is 0. The minimum Gasteiger partial charge on any atom is -0.503 e. The van der Waals surface area contributed by atoms with Crippen LogP contribution in [0.25, 0.3) is 5.57 Å². The number of ether oxygens (including phenoxy) is 4. The number of carbonyl (C=O) groups excluding carboxylic acids is 1. The molecular weight excluding hydrogens is 434 g/mol. The second kappa shape index (κ2) is 12.7. The van der Waals surface area contributed by atoms with Crippen LogP contribution in [0.2, 0.25) is 0 Å². The molecule has 3 rings (SSSR count). The Labute approximate surface area is 199 Å². The zero-order chi connectivity index (χ0) is 24.2. The summed E-state index contributed by atoms with van der Waals surface area (Å²) in [6.45, 7) is 0.570. The van der Waals surface area contributed by atoms with Crippen molar-refractivity contribution in [2.75, 3.05) is 21.3 Å². The topological polar surface area (TPSA) is 75.6 Å². The van der Waals surface area contributed by atoms with E-state index in [1.807, 2.05) is 66.7 Å². The van der Waals surface area contributed by atoms with Crippen LogP contribution >= 0.6 is 0 Å². The molecule has 0 aromatic heterocycles. The Kier molecular flexibility index (Phi) is 9.10. The fourth-order valence-electron chi connectivity index (χ4n) is 3.18. The molecule has 0 saturated carbocycles. The zero-order valence-electron chi connectivity index (χ0n) is 19.4. The van der Waals surface area contributed by atoms with Gasteiger partial charge in [0.05, 0.1) is 33.8 Å². The molecule has 0 fully saturated rings. The molecule has 0 amide bonds. The molecule has 34 heavy (non-hydrogen) atoms. The molecule has 0 spiro atoms. The first-order valence-corrected chi connectivity index (χ1v) is 10.6. The van der Waals surface area contributed by atoms with E-state index in [4.69, 9.17) is 23.8 Å². The largest absolute Gasteiger partial charge is 0.503 e. The van der Waals surface area contributed by atoms with Crippen LogP contribution in [0.3, 0.4) is 0 Å². The van der Waals surface area contributed by atoms with E-state index in [2.05, 4.69) is 5.16 Å². The van der Waals surface area contributed by atoms with Crippen LogP contribution < -0.4 is 9.47 Å². The Bertz CT molecular complexity index is 1140. The number of carbonyl (C=O) groups is 1. The highest BCUT2D eigenvalue weighted by Crippen LogP contribution is 2.30. The van der Waals surface area contributed by atoms with Crippen molar-refractivity contribution in [3.8, 4) is 11.5 Å². The van der Waals surface area contributed by atoms with Gasteiger partial charge in [-0.2, -0.15) is 0 Å². The minimum absolute atomic E-state index is 0.190. The van der Waals surface area contributed by atoms with Gasteiger partial charge in [0.15, 0.2) is 11.5 Å². The fraction of sp³-hybridized carbons (Fsp3) is 0.185. The van der Waals surface area contributed by atoms with E-state index >= 15 is 0 Å². The Balaban J connectivity index is 1.74. The normalized spacial score (nSPS) is 11.2. The maximum atomic E-state index is 12.2. The van der Waals surface area contributed by atoms with E-state index in [9.17, 15) is 4.79 Å². The van der Waals surface area contributed by atoms with Crippen molar-refractivity contribution in [3.05, 3.63) is 101 Å². The summed E-state index contributed by atoms with van der Waals surface area (Å²) in [5.41, 5.74) is 3.55. The highest BCUT2D eigenvalue weighted by molar-refractivity contribution is 6.16. The fourth-order valence-corrected chi connectivity index (χ4v) is 3.18. The van der Waals surface area contributed by atoms with Gasteiger partial charge >= 0.3 is 5.97 Å². The van der Waals surface area contributed by atoms with E-state index in [0.29, 0.717) is 29.2 Å². The number of benzene rings is 3. The summed E-state index contributed by atoms with van der Waals surface area (Å²) in [6, 6.07) is 22.6. The molecule has 176 valence electrons. The van der Waals surface area contributed by atoms with Crippen LogP contribution in [0.4, 0.5) is 0 Å². The number of oxime groups is 1.